The van der Waals surface area contributed by atoms with E-state index in [0.717, 1.165) is 4.90 Å². The van der Waals surface area contributed by atoms with Gasteiger partial charge in [-0.3, -0.25) is 9.59 Å². The van der Waals surface area contributed by atoms with Gasteiger partial charge in [0.25, 0.3) is 0 Å². The van der Waals surface area contributed by atoms with Crippen molar-refractivity contribution in [1.29, 1.82) is 0 Å². The Morgan fingerprint density at radius 3 is 2.42 bits per heavy atom. The molecule has 0 aliphatic carbocycles. The van der Waals surface area contributed by atoms with Crippen LogP contribution >= 0.6 is 0 Å². The molecule has 0 saturated carbocycles. The molecule has 0 aromatic carbocycles. The predicted molar refractivity (Wildman–Crippen MR) is 63.3 cm³/mol. The zero-order valence-electron chi connectivity index (χ0n) is 11.3. The van der Waals surface area contributed by atoms with Crippen molar-refractivity contribution in [3.8, 4) is 0 Å². The van der Waals surface area contributed by atoms with Crippen LogP contribution in [0.4, 0.5) is 13.2 Å². The number of rotatable bonds is 4. The molecule has 1 aliphatic heterocycles. The maximum atomic E-state index is 12.4. The summed E-state index contributed by atoms with van der Waals surface area (Å²) in [5.41, 5.74) is 0. The molecule has 1 N–H and O–H groups in total. The quantitative estimate of drug-likeness (QED) is 0.854. The van der Waals surface area contributed by atoms with E-state index in [9.17, 15) is 22.8 Å². The fraction of sp³-hybridized carbons (Fsp3) is 0.833. The monoisotopic (exact) mass is 280 g/mol. The molecule has 2 amide bonds. The van der Waals surface area contributed by atoms with Crippen LogP contribution in [0.2, 0.25) is 0 Å². The molecule has 1 heterocycles. The highest BCUT2D eigenvalue weighted by Gasteiger charge is 2.43. The summed E-state index contributed by atoms with van der Waals surface area (Å²) < 4.78 is 37.3. The molecule has 0 radical (unpaired) electrons. The lowest BCUT2D eigenvalue weighted by Crippen LogP contribution is -2.64. The topological polar surface area (TPSA) is 49.4 Å². The normalized spacial score (nSPS) is 26.3. The third kappa shape index (κ3) is 3.84. The first-order valence-corrected chi connectivity index (χ1v) is 6.36. The van der Waals surface area contributed by atoms with Gasteiger partial charge in [-0.2, -0.15) is 13.2 Å². The van der Waals surface area contributed by atoms with Crippen molar-refractivity contribution < 1.29 is 22.8 Å². The van der Waals surface area contributed by atoms with Gasteiger partial charge in [-0.05, 0) is 20.3 Å². The second-order valence-electron chi connectivity index (χ2n) is 4.94. The zero-order chi connectivity index (χ0) is 14.8. The molecule has 0 aromatic heterocycles. The van der Waals surface area contributed by atoms with Crippen LogP contribution in [-0.2, 0) is 9.59 Å². The first-order chi connectivity index (χ1) is 8.67. The molecule has 1 rings (SSSR count). The highest BCUT2D eigenvalue weighted by molar-refractivity contribution is 5.96. The SMILES string of the molecule is CCCC1NC(=O)C(C)N(C(C)CC(F)(F)F)C1=O. The Hall–Kier alpha value is -1.27. The maximum absolute atomic E-state index is 12.4. The van der Waals surface area contributed by atoms with Gasteiger partial charge < -0.3 is 10.2 Å². The molecule has 19 heavy (non-hydrogen) atoms. The second-order valence-corrected chi connectivity index (χ2v) is 4.94. The van der Waals surface area contributed by atoms with E-state index in [4.69, 9.17) is 0 Å². The van der Waals surface area contributed by atoms with Crippen molar-refractivity contribution in [3.63, 3.8) is 0 Å². The lowest BCUT2D eigenvalue weighted by molar-refractivity contribution is -0.164. The van der Waals surface area contributed by atoms with Gasteiger partial charge >= 0.3 is 6.18 Å². The van der Waals surface area contributed by atoms with Crippen molar-refractivity contribution in [3.05, 3.63) is 0 Å². The Bertz CT molecular complexity index is 357. The minimum absolute atomic E-state index is 0.396. The van der Waals surface area contributed by atoms with Gasteiger partial charge in [0.05, 0.1) is 6.42 Å². The Balaban J connectivity index is 2.88. The van der Waals surface area contributed by atoms with E-state index in [1.165, 1.54) is 13.8 Å². The van der Waals surface area contributed by atoms with Crippen LogP contribution in [0, 0.1) is 0 Å². The number of alkyl halides is 3. The van der Waals surface area contributed by atoms with Gasteiger partial charge in [-0.25, -0.2) is 0 Å². The highest BCUT2D eigenvalue weighted by Crippen LogP contribution is 2.26. The Kier molecular flexibility index (Phi) is 4.81. The number of piperazine rings is 1. The lowest BCUT2D eigenvalue weighted by atomic mass is 10.0. The fourth-order valence-electron chi connectivity index (χ4n) is 2.37. The summed E-state index contributed by atoms with van der Waals surface area (Å²) in [5, 5.41) is 2.55. The van der Waals surface area contributed by atoms with E-state index in [1.54, 1.807) is 0 Å². The first-order valence-electron chi connectivity index (χ1n) is 6.36. The molecule has 4 nitrogen and oxygen atoms in total. The molecular weight excluding hydrogens is 261 g/mol. The molecule has 1 fully saturated rings. The average molecular weight is 280 g/mol. The minimum Gasteiger partial charge on any atom is -0.343 e. The number of carbonyl (C=O) groups excluding carboxylic acids is 2. The molecule has 0 aromatic rings. The lowest BCUT2D eigenvalue weighted by Gasteiger charge is -2.41. The van der Waals surface area contributed by atoms with E-state index >= 15 is 0 Å². The molecular formula is C12H19F3N2O2. The predicted octanol–water partition coefficient (Wildman–Crippen LogP) is 1.84. The molecule has 0 bridgehead atoms. The van der Waals surface area contributed by atoms with Crippen LogP contribution in [0.3, 0.4) is 0 Å². The smallest absolute Gasteiger partial charge is 0.343 e. The summed E-state index contributed by atoms with van der Waals surface area (Å²) in [5.74, 6) is -0.822. The van der Waals surface area contributed by atoms with Gasteiger partial charge in [0.15, 0.2) is 0 Å². The van der Waals surface area contributed by atoms with Crippen LogP contribution in [0.15, 0.2) is 0 Å². The molecule has 0 spiro atoms. The van der Waals surface area contributed by atoms with E-state index in [1.807, 2.05) is 6.92 Å². The summed E-state index contributed by atoms with van der Waals surface area (Å²) in [6.07, 6.45) is -4.35. The van der Waals surface area contributed by atoms with Crippen LogP contribution in [0.25, 0.3) is 0 Å². The van der Waals surface area contributed by atoms with Gasteiger partial charge in [0.2, 0.25) is 11.8 Å². The number of carbonyl (C=O) groups is 2. The number of nitrogens with one attached hydrogen (secondary N) is 1. The van der Waals surface area contributed by atoms with Crippen LogP contribution in [-0.4, -0.2) is 41.0 Å². The molecule has 7 heteroatoms. The Morgan fingerprint density at radius 1 is 1.37 bits per heavy atom. The molecule has 1 aliphatic rings. The van der Waals surface area contributed by atoms with Crippen molar-refractivity contribution >= 4 is 11.8 Å². The summed E-state index contributed by atoms with van der Waals surface area (Å²) in [6.45, 7) is 4.62. The summed E-state index contributed by atoms with van der Waals surface area (Å²) >= 11 is 0. The van der Waals surface area contributed by atoms with E-state index in [0.29, 0.717) is 12.8 Å². The zero-order valence-corrected chi connectivity index (χ0v) is 11.3. The van der Waals surface area contributed by atoms with E-state index in [2.05, 4.69) is 5.32 Å². The molecule has 110 valence electrons. The standard InChI is InChI=1S/C12H19F3N2O2/c1-4-5-9-11(19)17(8(3)10(18)16-9)7(2)6-12(13,14)15/h7-9H,4-6H2,1-3H3,(H,16,18). The number of amides is 2. The van der Waals surface area contributed by atoms with Gasteiger partial charge in [0.1, 0.15) is 12.1 Å². The van der Waals surface area contributed by atoms with Gasteiger partial charge in [-0.15, -0.1) is 0 Å². The molecule has 1 saturated heterocycles. The molecule has 3 atom stereocenters. The van der Waals surface area contributed by atoms with Crippen LogP contribution < -0.4 is 5.32 Å². The van der Waals surface area contributed by atoms with Crippen molar-refractivity contribution in [1.82, 2.24) is 10.2 Å². The van der Waals surface area contributed by atoms with Crippen molar-refractivity contribution in [2.45, 2.75) is 64.3 Å². The van der Waals surface area contributed by atoms with Gasteiger partial charge in [-0.1, -0.05) is 13.3 Å². The number of nitrogens with zero attached hydrogens (tertiary/aromatic N) is 1. The fourth-order valence-corrected chi connectivity index (χ4v) is 2.37. The van der Waals surface area contributed by atoms with E-state index in [-0.39, 0.29) is 0 Å². The largest absolute Gasteiger partial charge is 0.391 e. The summed E-state index contributed by atoms with van der Waals surface area (Å²) in [6, 6.07) is -2.60. The molecule has 3 unspecified atom stereocenters. The second kappa shape index (κ2) is 5.79. The third-order valence-corrected chi connectivity index (χ3v) is 3.24. The number of halogens is 3. The number of hydrogen-bond donors (Lipinski definition) is 1. The average Bonchev–Trinajstić information content (AvgIpc) is 2.24. The van der Waals surface area contributed by atoms with Crippen molar-refractivity contribution in [2.75, 3.05) is 0 Å². The summed E-state index contributed by atoms with van der Waals surface area (Å²) in [4.78, 5) is 24.9. The van der Waals surface area contributed by atoms with Gasteiger partial charge in [0, 0.05) is 6.04 Å². The van der Waals surface area contributed by atoms with Crippen molar-refractivity contribution in [2.24, 2.45) is 0 Å². The first kappa shape index (κ1) is 15.8. The van der Waals surface area contributed by atoms with E-state index < -0.39 is 42.5 Å². The Labute approximate surface area is 110 Å². The maximum Gasteiger partial charge on any atom is 0.391 e. The van der Waals surface area contributed by atoms with Crippen LogP contribution in [0.5, 0.6) is 0 Å². The third-order valence-electron chi connectivity index (χ3n) is 3.24. The van der Waals surface area contributed by atoms with Crippen LogP contribution in [0.1, 0.15) is 40.0 Å². The summed E-state index contributed by atoms with van der Waals surface area (Å²) in [7, 11) is 0. The highest BCUT2D eigenvalue weighted by atomic mass is 19.4. The number of hydrogen-bond acceptors (Lipinski definition) is 2. The Morgan fingerprint density at radius 2 is 1.95 bits per heavy atom. The minimum atomic E-state index is -4.35.